The zero-order valence-electron chi connectivity index (χ0n) is 73.9. The molecule has 49 heteroatoms. The van der Waals surface area contributed by atoms with E-state index in [1.165, 1.54) is 186 Å². The first kappa shape index (κ1) is 108. The first-order chi connectivity index (χ1) is 64.7. The average molecular weight is 2180 g/mol. The molecule has 1 unspecified atom stereocenters. The third-order valence-electron chi connectivity index (χ3n) is 21.0. The number of carbonyl (C=O) groups is 1. The third kappa shape index (κ3) is 27.0. The molecule has 17 rings (SSSR count). The van der Waals surface area contributed by atoms with Gasteiger partial charge in [0.2, 0.25) is 4.69 Å². The van der Waals surface area contributed by atoms with Gasteiger partial charge in [0.05, 0.1) is 63.6 Å². The molecule has 0 amide bonds. The number of thiazole rings is 2. The normalized spacial score (nSPS) is 13.2. The van der Waals surface area contributed by atoms with Gasteiger partial charge < -0.3 is 33.2 Å². The van der Waals surface area contributed by atoms with Crippen LogP contribution < -0.4 is 45.5 Å². The van der Waals surface area contributed by atoms with E-state index in [-0.39, 0.29) is 47.3 Å². The number of nitrogen functional groups attached to an aromatic ring is 2. The van der Waals surface area contributed by atoms with Gasteiger partial charge in [0, 0.05) is 100 Å². The van der Waals surface area contributed by atoms with Crippen LogP contribution in [0.3, 0.4) is 0 Å². The molecule has 137 heavy (non-hydrogen) atoms. The molecule has 10 aromatic carbocycles. The number of aryl methyl sites for hydroxylation is 2. The summed E-state index contributed by atoms with van der Waals surface area (Å²) in [6, 6.07) is 60.2. The topological polar surface area (TPSA) is 562 Å². The molecule has 7 heterocycles. The molecule has 0 bridgehead atoms. The predicted octanol–water partition coefficient (Wildman–Crippen LogP) is 16.8. The van der Waals surface area contributed by atoms with Gasteiger partial charge in [-0.15, -0.1) is 22.7 Å². The first-order valence-corrected chi connectivity index (χ1v) is 53.1. The maximum atomic E-state index is 13.1. The molecule has 0 spiro atoms. The summed E-state index contributed by atoms with van der Waals surface area (Å²) in [6.07, 6.45) is 3.44. The number of nitro groups is 5. The largest absolute Gasteiger partial charge is 0.384 e. The maximum Gasteiger partial charge on any atom is 0.289 e. The van der Waals surface area contributed by atoms with Gasteiger partial charge >= 0.3 is 0 Å². The number of sulfonamides is 4. The molecule has 12 aromatic rings. The van der Waals surface area contributed by atoms with Crippen LogP contribution in [0.4, 0.5) is 67.1 Å². The zero-order chi connectivity index (χ0) is 101. The van der Waals surface area contributed by atoms with Crippen molar-refractivity contribution in [3.05, 3.63) is 319 Å². The van der Waals surface area contributed by atoms with Crippen LogP contribution in [0.1, 0.15) is 65.3 Å². The number of anilines is 7. The van der Waals surface area contributed by atoms with Gasteiger partial charge in [-0.3, -0.25) is 72.6 Å². The molecule has 0 saturated carbocycles. The van der Waals surface area contributed by atoms with E-state index in [9.17, 15) is 97.5 Å². The third-order valence-corrected chi connectivity index (χ3v) is 33.1. The number of nitrogens with zero attached hydrogens (tertiary/aromatic N) is 12. The SMILES string of the molecule is CC(Br)C(=O)Br.CCN(CC)CC.Cc1sc(N)nc1-c1ccc2c(c1)CCN2S(=O)(=O)c1ccccc1[N+](=O)[O-].Cc1sc(N)nc1-c1ccc2c(c1)CCN2S(=O)(=O)c1ccccc1[N+](=O)[O-].NC(N)=S.O=[N+]([O-])c1ccccc1S(=O)(=O)Cl.O=[N+]([O-])c1ccccc1S(=O)(=O)N1CCc2ccccc21.O=[N+]([O-])c1ccccc1S(=O)(=O)N1CCc2ccccc21.c1ccc2c(c1)CCN2. The molecule has 0 saturated heterocycles. The Labute approximate surface area is 825 Å². The van der Waals surface area contributed by atoms with Crippen molar-refractivity contribution in [2.45, 2.75) is 103 Å². The molecular weight excluding hydrogens is 2080 g/mol. The predicted molar refractivity (Wildman–Crippen MR) is 543 cm³/mol. The second-order valence-corrected chi connectivity index (χ2v) is 44.5. The Bertz CT molecular complexity index is 6750. The summed E-state index contributed by atoms with van der Waals surface area (Å²) in [5.41, 5.74) is 30.5. The minimum Gasteiger partial charge on any atom is -0.384 e. The van der Waals surface area contributed by atoms with Gasteiger partial charge in [-0.1, -0.05) is 164 Å². The number of para-hydroxylation sites is 8. The van der Waals surface area contributed by atoms with Crippen LogP contribution in [0.2, 0.25) is 0 Å². The van der Waals surface area contributed by atoms with Crippen molar-refractivity contribution >= 4 is 204 Å². The average Bonchev–Trinajstić information content (AvgIpc) is 1.40. The van der Waals surface area contributed by atoms with Crippen molar-refractivity contribution in [1.29, 1.82) is 0 Å². The van der Waals surface area contributed by atoms with Crippen LogP contribution in [-0.2, 0) is 86.0 Å². The first-order valence-electron chi connectivity index (χ1n) is 41.3. The van der Waals surface area contributed by atoms with Crippen molar-refractivity contribution in [2.75, 3.05) is 86.4 Å². The number of benzene rings is 10. The molecule has 2 aromatic heterocycles. The highest BCUT2D eigenvalue weighted by Gasteiger charge is 2.41. The van der Waals surface area contributed by atoms with Gasteiger partial charge in [0.1, 0.15) is 0 Å². The number of fused-ring (bicyclic) bond motifs is 5. The standard InChI is InChI=1S/2C18H16N4O4S2.2C14H12N2O4S.C8H9N.C6H4ClNO4S.C6H15N.C3H4Br2O.CH4N2S/c2*1-11-17(20-18(19)27-11)13-6-7-14-12(10-13)8-9-21(14)28(25,26)16-5-3-2-4-15(16)22(23)24;2*17-16(18)13-7-3-4-8-14(13)21(19,20)15-10-9-11-5-1-2-6-12(11)15;1-2-4-8-7(3-1)5-6-9-8;7-13(11,12)6-4-2-1-3-5(6)8(9)10;1-4-7(5-2)6-3;1-2(4)3(5)6;2-1(3)4/h2*2-7,10H,8-9H2,1H3,(H2,19,20);2*1-8H,9-10H2;1-4,9H,5-6H2;1-4H;4-6H2,1-3H3;2H,1H3;(H4,2,3,4). The summed E-state index contributed by atoms with van der Waals surface area (Å²) in [7, 11) is -15.0. The number of alkyl halides is 1. The van der Waals surface area contributed by atoms with E-state index in [4.69, 9.17) is 22.1 Å². The summed E-state index contributed by atoms with van der Waals surface area (Å²) in [4.78, 5) is 72.8. The van der Waals surface area contributed by atoms with Crippen molar-refractivity contribution in [3.8, 4) is 22.5 Å². The molecule has 0 aliphatic carbocycles. The van der Waals surface area contributed by atoms with E-state index in [1.807, 2.05) is 50.2 Å². The van der Waals surface area contributed by atoms with Crippen LogP contribution in [0, 0.1) is 64.4 Å². The summed E-state index contributed by atoms with van der Waals surface area (Å²) in [6.45, 7) is 17.9. The Hall–Kier alpha value is -12.6. The molecular formula is C88H92Br2ClN17O21S8. The van der Waals surface area contributed by atoms with Crippen LogP contribution in [0.5, 0.6) is 0 Å². The summed E-state index contributed by atoms with van der Waals surface area (Å²) >= 11 is 12.7. The van der Waals surface area contributed by atoms with Crippen LogP contribution in [-0.4, -0.2) is 149 Å². The van der Waals surface area contributed by atoms with Crippen molar-refractivity contribution in [1.82, 2.24) is 14.9 Å². The van der Waals surface area contributed by atoms with Gasteiger partial charge in [0.25, 0.3) is 77.6 Å². The van der Waals surface area contributed by atoms with Gasteiger partial charge in [-0.2, -0.15) is 0 Å². The zero-order valence-corrected chi connectivity index (χ0v) is 84.3. The lowest BCUT2D eigenvalue weighted by molar-refractivity contribution is -0.388. The fraction of sp³-hybridized carbons (Fsp3) is 0.227. The van der Waals surface area contributed by atoms with Crippen molar-refractivity contribution in [2.24, 2.45) is 11.5 Å². The number of nitrogens with two attached hydrogens (primary N) is 4. The molecule has 1 atom stereocenters. The highest BCUT2D eigenvalue weighted by atomic mass is 79.9. The number of carbonyl (C=O) groups excluding carboxylic acids is 1. The second-order valence-electron chi connectivity index (χ2n) is 29.5. The van der Waals surface area contributed by atoms with E-state index < -0.39 is 107 Å². The van der Waals surface area contributed by atoms with E-state index in [1.54, 1.807) is 55.5 Å². The molecule has 5 aliphatic rings. The summed E-state index contributed by atoms with van der Waals surface area (Å²) in [5, 5.41) is 59.3. The summed E-state index contributed by atoms with van der Waals surface area (Å²) < 4.78 is 130. The van der Waals surface area contributed by atoms with Gasteiger partial charge in [-0.25, -0.2) is 52.1 Å². The molecule has 38 nitrogen and oxygen atoms in total. The second kappa shape index (κ2) is 47.9. The number of nitro benzene ring substituents is 5. The molecule has 5 aliphatic heterocycles. The number of nitrogens with one attached hydrogen (secondary N) is 1. The number of hydrogen-bond acceptors (Lipinski definition) is 30. The summed E-state index contributed by atoms with van der Waals surface area (Å²) in [5.74, 6) is 0. The molecule has 724 valence electrons. The van der Waals surface area contributed by atoms with Crippen molar-refractivity contribution < 1.29 is 71.5 Å². The monoisotopic (exact) mass is 2170 g/mol. The number of thiocarbonyl (C=S) groups is 1. The Morgan fingerprint density at radius 2 is 0.693 bits per heavy atom. The highest BCUT2D eigenvalue weighted by molar-refractivity contribution is 9.20. The lowest BCUT2D eigenvalue weighted by Crippen LogP contribution is -2.29. The molecule has 0 fully saturated rings. The Balaban J connectivity index is 0.000000182. The molecule has 9 N–H and O–H groups in total. The number of halogens is 3. The highest BCUT2D eigenvalue weighted by Crippen LogP contribution is 2.44. The Morgan fingerprint density at radius 3 is 0.949 bits per heavy atom. The number of hydrogen-bond donors (Lipinski definition) is 5. The van der Waals surface area contributed by atoms with E-state index in [2.05, 4.69) is 121 Å². The molecule has 0 radical (unpaired) electrons. The lowest BCUT2D eigenvalue weighted by Gasteiger charge is -2.19. The Morgan fingerprint density at radius 1 is 0.438 bits per heavy atom. The van der Waals surface area contributed by atoms with Gasteiger partial charge in [-0.05, 0) is 201 Å². The van der Waals surface area contributed by atoms with E-state index in [0.717, 1.165) is 73.2 Å². The van der Waals surface area contributed by atoms with Crippen LogP contribution >= 0.6 is 77.4 Å². The fourth-order valence-electron chi connectivity index (χ4n) is 14.5. The number of rotatable bonds is 20. The maximum absolute atomic E-state index is 13.1. The van der Waals surface area contributed by atoms with Crippen molar-refractivity contribution in [3.63, 3.8) is 0 Å². The quantitative estimate of drug-likeness (QED) is 0.0155. The Kier molecular flexibility index (Phi) is 37.8. The minimum absolute atomic E-state index is 0.000000000000000222. The van der Waals surface area contributed by atoms with Crippen LogP contribution in [0.15, 0.2) is 255 Å². The lowest BCUT2D eigenvalue weighted by atomic mass is 10.1. The van der Waals surface area contributed by atoms with E-state index in [0.29, 0.717) is 71.8 Å². The van der Waals surface area contributed by atoms with Crippen LogP contribution in [0.25, 0.3) is 22.5 Å². The number of aromatic nitrogens is 2. The fourth-order valence-corrected chi connectivity index (χ4v) is 23.6. The van der Waals surface area contributed by atoms with E-state index >= 15 is 0 Å². The minimum atomic E-state index is -4.05. The van der Waals surface area contributed by atoms with Gasteiger partial charge in [0.15, 0.2) is 39.9 Å². The smallest absolute Gasteiger partial charge is 0.289 e.